The maximum atomic E-state index is 12.0. The molecule has 2 N–H and O–H groups in total. The largest absolute Gasteiger partial charge is 0.494 e. The number of benzene rings is 2. The molecule has 6 nitrogen and oxygen atoms in total. The second-order valence-electron chi connectivity index (χ2n) is 5.60. The smallest absolute Gasteiger partial charge is 0.276 e. The van der Waals surface area contributed by atoms with Gasteiger partial charge >= 0.3 is 0 Å². The van der Waals surface area contributed by atoms with E-state index in [1.165, 1.54) is 0 Å². The summed E-state index contributed by atoms with van der Waals surface area (Å²) >= 11 is 3.37. The molecule has 2 aromatic carbocycles. The van der Waals surface area contributed by atoms with Crippen LogP contribution in [0, 0.1) is 6.92 Å². The summed E-state index contributed by atoms with van der Waals surface area (Å²) in [7, 11) is 0. The highest BCUT2D eigenvalue weighted by Gasteiger charge is 2.09. The van der Waals surface area contributed by atoms with Gasteiger partial charge in [0.1, 0.15) is 11.5 Å². The van der Waals surface area contributed by atoms with E-state index in [1.807, 2.05) is 26.0 Å². The second kappa shape index (κ2) is 9.82. The summed E-state index contributed by atoms with van der Waals surface area (Å²) in [6.45, 7) is 4.38. The van der Waals surface area contributed by atoms with Crippen molar-refractivity contribution in [1.29, 1.82) is 0 Å². The molecule has 0 aliphatic carbocycles. The first-order valence-electron chi connectivity index (χ1n) is 8.20. The lowest BCUT2D eigenvalue weighted by Gasteiger charge is -2.10. The zero-order valence-electron chi connectivity index (χ0n) is 14.7. The number of nitrogens with one attached hydrogen (secondary N) is 2. The van der Waals surface area contributed by atoms with Gasteiger partial charge in [0.05, 0.1) is 11.1 Å². The van der Waals surface area contributed by atoms with Crippen molar-refractivity contribution >= 4 is 27.7 Å². The lowest BCUT2D eigenvalue weighted by atomic mass is 10.2. The minimum Gasteiger partial charge on any atom is -0.494 e. The molecule has 0 unspecified atom stereocenters. The molecule has 0 saturated carbocycles. The van der Waals surface area contributed by atoms with E-state index >= 15 is 0 Å². The van der Waals surface area contributed by atoms with Gasteiger partial charge in [-0.1, -0.05) is 13.0 Å². The van der Waals surface area contributed by atoms with Gasteiger partial charge in [0.2, 0.25) is 0 Å². The van der Waals surface area contributed by atoms with E-state index in [0.717, 1.165) is 16.5 Å². The molecular weight excluding hydrogens is 400 g/mol. The van der Waals surface area contributed by atoms with Crippen LogP contribution in [-0.4, -0.2) is 25.0 Å². The minimum absolute atomic E-state index is 0.217. The first-order chi connectivity index (χ1) is 12.5. The van der Waals surface area contributed by atoms with Crippen LogP contribution in [0.4, 0.5) is 0 Å². The Labute approximate surface area is 161 Å². The number of hydrogen-bond acceptors (Lipinski definition) is 4. The minimum atomic E-state index is -0.464. The number of rotatable bonds is 7. The highest BCUT2D eigenvalue weighted by Crippen LogP contribution is 2.25. The molecule has 2 rings (SSSR count). The second-order valence-corrected chi connectivity index (χ2v) is 6.45. The van der Waals surface area contributed by atoms with Crippen molar-refractivity contribution < 1.29 is 19.1 Å². The number of aryl methyl sites for hydroxylation is 1. The zero-order chi connectivity index (χ0) is 18.9. The van der Waals surface area contributed by atoms with Crippen molar-refractivity contribution in [2.75, 3.05) is 13.2 Å². The topological polar surface area (TPSA) is 76.7 Å². The third kappa shape index (κ3) is 6.07. The molecule has 0 spiro atoms. The maximum Gasteiger partial charge on any atom is 0.276 e. The van der Waals surface area contributed by atoms with Crippen LogP contribution < -0.4 is 20.3 Å². The number of amides is 2. The molecule has 0 aromatic heterocycles. The van der Waals surface area contributed by atoms with Gasteiger partial charge in [-0.05, 0) is 71.2 Å². The van der Waals surface area contributed by atoms with Crippen LogP contribution in [-0.2, 0) is 4.79 Å². The molecule has 0 heterocycles. The number of hydrogen-bond donors (Lipinski definition) is 2. The van der Waals surface area contributed by atoms with Crippen molar-refractivity contribution in [1.82, 2.24) is 10.9 Å². The summed E-state index contributed by atoms with van der Waals surface area (Å²) in [4.78, 5) is 23.8. The molecule has 0 bridgehead atoms. The summed E-state index contributed by atoms with van der Waals surface area (Å²) < 4.78 is 11.6. The normalized spacial score (nSPS) is 10.1. The zero-order valence-corrected chi connectivity index (χ0v) is 16.3. The highest BCUT2D eigenvalue weighted by molar-refractivity contribution is 9.10. The van der Waals surface area contributed by atoms with Gasteiger partial charge in [0.15, 0.2) is 6.61 Å². The van der Waals surface area contributed by atoms with E-state index in [-0.39, 0.29) is 6.61 Å². The van der Waals surface area contributed by atoms with Crippen LogP contribution in [0.15, 0.2) is 46.9 Å². The fourth-order valence-electron chi connectivity index (χ4n) is 2.02. The Kier molecular flexibility index (Phi) is 7.47. The van der Waals surface area contributed by atoms with E-state index in [2.05, 4.69) is 26.8 Å². The average Bonchev–Trinajstić information content (AvgIpc) is 2.64. The SMILES string of the molecule is CCCOc1ccc(C(=O)NNC(=O)COc2ccc(C)cc2Br)cc1. The third-order valence-electron chi connectivity index (χ3n) is 3.35. The Morgan fingerprint density at radius 3 is 2.42 bits per heavy atom. The number of carbonyl (C=O) groups is 2. The molecule has 0 aliphatic heterocycles. The Morgan fingerprint density at radius 1 is 1.04 bits per heavy atom. The first-order valence-corrected chi connectivity index (χ1v) is 9.00. The van der Waals surface area contributed by atoms with Crippen LogP contribution in [0.25, 0.3) is 0 Å². The van der Waals surface area contributed by atoms with Crippen LogP contribution in [0.3, 0.4) is 0 Å². The lowest BCUT2D eigenvalue weighted by molar-refractivity contribution is -0.123. The van der Waals surface area contributed by atoms with Gasteiger partial charge in [-0.25, -0.2) is 0 Å². The van der Waals surface area contributed by atoms with Gasteiger partial charge in [-0.15, -0.1) is 0 Å². The Morgan fingerprint density at radius 2 is 1.77 bits per heavy atom. The predicted molar refractivity (Wildman–Crippen MR) is 102 cm³/mol. The van der Waals surface area contributed by atoms with Crippen LogP contribution in [0.1, 0.15) is 29.3 Å². The van der Waals surface area contributed by atoms with E-state index in [4.69, 9.17) is 9.47 Å². The quantitative estimate of drug-likeness (QED) is 0.673. The third-order valence-corrected chi connectivity index (χ3v) is 3.97. The van der Waals surface area contributed by atoms with E-state index < -0.39 is 11.8 Å². The number of ether oxygens (including phenoxy) is 2. The summed E-state index contributed by atoms with van der Waals surface area (Å²) in [6, 6.07) is 12.2. The van der Waals surface area contributed by atoms with Crippen molar-refractivity contribution in [2.24, 2.45) is 0 Å². The lowest BCUT2D eigenvalue weighted by Crippen LogP contribution is -2.43. The fourth-order valence-corrected chi connectivity index (χ4v) is 2.63. The van der Waals surface area contributed by atoms with E-state index in [9.17, 15) is 9.59 Å². The van der Waals surface area contributed by atoms with Crippen molar-refractivity contribution in [3.05, 3.63) is 58.1 Å². The molecule has 26 heavy (non-hydrogen) atoms. The molecule has 7 heteroatoms. The summed E-state index contributed by atoms with van der Waals surface area (Å²) in [5.74, 6) is 0.370. The molecule has 0 aliphatic rings. The molecule has 2 amide bonds. The standard InChI is InChI=1S/C19H21BrN2O4/c1-3-10-25-15-7-5-14(6-8-15)19(24)22-21-18(23)12-26-17-9-4-13(2)11-16(17)20/h4-9,11H,3,10,12H2,1-2H3,(H,21,23)(H,22,24). The molecule has 0 atom stereocenters. The number of hydrazine groups is 1. The van der Waals surface area contributed by atoms with E-state index in [0.29, 0.717) is 23.7 Å². The van der Waals surface area contributed by atoms with Crippen molar-refractivity contribution in [3.63, 3.8) is 0 Å². The van der Waals surface area contributed by atoms with Gasteiger partial charge in [0.25, 0.3) is 11.8 Å². The monoisotopic (exact) mass is 420 g/mol. The van der Waals surface area contributed by atoms with Crippen LogP contribution in [0.2, 0.25) is 0 Å². The summed E-state index contributed by atoms with van der Waals surface area (Å²) in [5.41, 5.74) is 6.16. The number of halogens is 1. The molecule has 0 radical (unpaired) electrons. The molecule has 0 fully saturated rings. The fraction of sp³-hybridized carbons (Fsp3) is 0.263. The Bertz CT molecular complexity index is 763. The van der Waals surface area contributed by atoms with Crippen molar-refractivity contribution in [3.8, 4) is 11.5 Å². The number of carbonyl (C=O) groups excluding carboxylic acids is 2. The van der Waals surface area contributed by atoms with Crippen LogP contribution in [0.5, 0.6) is 11.5 Å². The van der Waals surface area contributed by atoms with Crippen molar-refractivity contribution in [2.45, 2.75) is 20.3 Å². The first kappa shape index (κ1) is 19.8. The highest BCUT2D eigenvalue weighted by atomic mass is 79.9. The Balaban J connectivity index is 1.78. The van der Waals surface area contributed by atoms with E-state index in [1.54, 1.807) is 30.3 Å². The molecular formula is C19H21BrN2O4. The summed E-state index contributed by atoms with van der Waals surface area (Å²) in [5, 5.41) is 0. The maximum absolute atomic E-state index is 12.0. The van der Waals surface area contributed by atoms with Gasteiger partial charge in [0, 0.05) is 5.56 Å². The molecule has 138 valence electrons. The Hall–Kier alpha value is -2.54. The predicted octanol–water partition coefficient (Wildman–Crippen LogP) is 3.39. The summed E-state index contributed by atoms with van der Waals surface area (Å²) in [6.07, 6.45) is 0.912. The van der Waals surface area contributed by atoms with Gasteiger partial charge in [-0.3, -0.25) is 20.4 Å². The van der Waals surface area contributed by atoms with Gasteiger partial charge in [-0.2, -0.15) is 0 Å². The average molecular weight is 421 g/mol. The van der Waals surface area contributed by atoms with Gasteiger partial charge < -0.3 is 9.47 Å². The molecule has 0 saturated heterocycles. The van der Waals surface area contributed by atoms with Crippen LogP contribution >= 0.6 is 15.9 Å². The molecule has 2 aromatic rings.